The summed E-state index contributed by atoms with van der Waals surface area (Å²) in [4.78, 5) is 46.4. The molecule has 1 aromatic heterocycles. The zero-order valence-electron chi connectivity index (χ0n) is 22.0. The van der Waals surface area contributed by atoms with E-state index in [0.29, 0.717) is 21.9 Å². The zero-order valence-corrected chi connectivity index (χ0v) is 22.8. The van der Waals surface area contributed by atoms with Gasteiger partial charge in [-0.15, -0.1) is 11.3 Å². The number of hydrogen-bond donors (Lipinski definition) is 1. The molecule has 6 nitrogen and oxygen atoms in total. The Hall–Kier alpha value is -4.75. The van der Waals surface area contributed by atoms with Gasteiger partial charge in [0.05, 0.1) is 22.4 Å². The first-order valence-electron chi connectivity index (χ1n) is 13.5. The average molecular weight is 559 g/mol. The smallest absolute Gasteiger partial charge is 0.238 e. The van der Waals surface area contributed by atoms with E-state index in [4.69, 9.17) is 4.74 Å². The standard InChI is InChI=1S/C34H26N2O4S/c1-2-19-40-26-15-8-5-12-23(26)30(37)28-29(31(38)27-16-9-20-41-27)36-18-17-21-10-3-4-11-22(21)32(36)34(28)24-13-6-7-14-25(24)35-33(34)39/h2-18,20,28-29,32H,1,19H2,(H,35,39)/t28-,29+,32-,34-/m1/s1. The third kappa shape index (κ3) is 3.59. The molecule has 1 amide bonds. The van der Waals surface area contributed by atoms with Crippen LogP contribution >= 0.6 is 11.3 Å². The van der Waals surface area contributed by atoms with Crippen molar-refractivity contribution in [3.63, 3.8) is 0 Å². The second-order valence-electron chi connectivity index (χ2n) is 10.4. The lowest BCUT2D eigenvalue weighted by Crippen LogP contribution is -2.49. The average Bonchev–Trinajstić information content (AvgIpc) is 3.72. The van der Waals surface area contributed by atoms with Crippen molar-refractivity contribution in [1.29, 1.82) is 0 Å². The molecule has 1 N–H and O–H groups in total. The number of amides is 1. The van der Waals surface area contributed by atoms with Gasteiger partial charge in [-0.25, -0.2) is 0 Å². The van der Waals surface area contributed by atoms with Gasteiger partial charge in [0, 0.05) is 11.9 Å². The summed E-state index contributed by atoms with van der Waals surface area (Å²) in [7, 11) is 0. The SMILES string of the molecule is C=CCOc1ccccc1C(=O)[C@H]1[C@@H](C(=O)c2cccs2)N2C=Cc3ccccc3[C@@H]2[C@]12C(=O)Nc1ccccc12. The molecule has 3 aliphatic rings. The highest BCUT2D eigenvalue weighted by Crippen LogP contribution is 2.62. The van der Waals surface area contributed by atoms with E-state index in [0.717, 1.165) is 16.7 Å². The number of ether oxygens (including phenoxy) is 1. The number of carbonyl (C=O) groups excluding carboxylic acids is 3. The van der Waals surface area contributed by atoms with Gasteiger partial charge < -0.3 is 15.0 Å². The van der Waals surface area contributed by atoms with Crippen LogP contribution in [0.4, 0.5) is 5.69 Å². The van der Waals surface area contributed by atoms with Crippen molar-refractivity contribution < 1.29 is 19.1 Å². The van der Waals surface area contributed by atoms with Crippen molar-refractivity contribution in [3.05, 3.63) is 136 Å². The molecule has 1 fully saturated rings. The van der Waals surface area contributed by atoms with Crippen LogP contribution in [0.25, 0.3) is 6.08 Å². The maximum Gasteiger partial charge on any atom is 0.238 e. The predicted molar refractivity (Wildman–Crippen MR) is 159 cm³/mol. The molecule has 1 saturated heterocycles. The fourth-order valence-corrected chi connectivity index (χ4v) is 7.54. The van der Waals surface area contributed by atoms with Gasteiger partial charge in [0.25, 0.3) is 0 Å². The zero-order chi connectivity index (χ0) is 28.1. The second-order valence-corrected chi connectivity index (χ2v) is 11.3. The molecule has 41 heavy (non-hydrogen) atoms. The number of hydrogen-bond acceptors (Lipinski definition) is 6. The topological polar surface area (TPSA) is 75.7 Å². The maximum absolute atomic E-state index is 15.0. The molecule has 3 aliphatic heterocycles. The number of Topliss-reactive ketones (excluding diaryl/α,β-unsaturated/α-hetero) is 2. The third-order valence-corrected chi connectivity index (χ3v) is 9.28. The monoisotopic (exact) mass is 558 g/mol. The lowest BCUT2D eigenvalue weighted by molar-refractivity contribution is -0.122. The Morgan fingerprint density at radius 2 is 1.76 bits per heavy atom. The minimum Gasteiger partial charge on any atom is -0.489 e. The third-order valence-electron chi connectivity index (χ3n) is 8.39. The molecular formula is C34H26N2O4S. The molecule has 0 radical (unpaired) electrons. The first kappa shape index (κ1) is 25.2. The summed E-state index contributed by atoms with van der Waals surface area (Å²) in [6.45, 7) is 3.95. The lowest BCUT2D eigenvalue weighted by atomic mass is 9.62. The number of ketones is 2. The highest BCUT2D eigenvalue weighted by Gasteiger charge is 2.71. The maximum atomic E-state index is 15.0. The van der Waals surface area contributed by atoms with Crippen molar-refractivity contribution >= 4 is 40.6 Å². The largest absolute Gasteiger partial charge is 0.489 e. The Labute approximate surface area is 241 Å². The number of anilines is 1. The molecule has 0 aliphatic carbocycles. The quantitative estimate of drug-likeness (QED) is 0.213. The van der Waals surface area contributed by atoms with Gasteiger partial charge in [-0.1, -0.05) is 73.3 Å². The summed E-state index contributed by atoms with van der Waals surface area (Å²) in [6.07, 6.45) is 5.46. The number of fused-ring (bicyclic) bond motifs is 6. The van der Waals surface area contributed by atoms with E-state index >= 15 is 4.79 Å². The molecule has 3 aromatic carbocycles. The van der Waals surface area contributed by atoms with Crippen LogP contribution in [0, 0.1) is 5.92 Å². The van der Waals surface area contributed by atoms with E-state index in [1.807, 2.05) is 77.2 Å². The van der Waals surface area contributed by atoms with Crippen molar-refractivity contribution in [2.24, 2.45) is 5.92 Å². The Bertz CT molecular complexity index is 1740. The van der Waals surface area contributed by atoms with Crippen LogP contribution in [0.1, 0.15) is 42.8 Å². The first-order chi connectivity index (χ1) is 20.1. The Morgan fingerprint density at radius 1 is 0.976 bits per heavy atom. The van der Waals surface area contributed by atoms with Crippen LogP contribution in [-0.4, -0.2) is 35.0 Å². The summed E-state index contributed by atoms with van der Waals surface area (Å²) in [5, 5.41) is 4.93. The molecular weight excluding hydrogens is 532 g/mol. The van der Waals surface area contributed by atoms with Gasteiger partial charge in [0.15, 0.2) is 11.6 Å². The van der Waals surface area contributed by atoms with Crippen LogP contribution in [0.5, 0.6) is 5.75 Å². The van der Waals surface area contributed by atoms with E-state index in [1.165, 1.54) is 11.3 Å². The normalized spacial score (nSPS) is 23.5. The molecule has 0 saturated carbocycles. The molecule has 1 spiro atoms. The van der Waals surface area contributed by atoms with Gasteiger partial charge >= 0.3 is 0 Å². The number of benzene rings is 3. The van der Waals surface area contributed by atoms with Crippen LogP contribution in [0.3, 0.4) is 0 Å². The van der Waals surface area contributed by atoms with Crippen LogP contribution < -0.4 is 10.1 Å². The Balaban J connectivity index is 1.53. The number of thiophene rings is 1. The lowest BCUT2D eigenvalue weighted by Gasteiger charge is -2.38. The summed E-state index contributed by atoms with van der Waals surface area (Å²) in [6, 6.07) is 24.5. The highest BCUT2D eigenvalue weighted by molar-refractivity contribution is 7.12. The van der Waals surface area contributed by atoms with Crippen molar-refractivity contribution in [3.8, 4) is 5.75 Å². The molecule has 4 aromatic rings. The number of carbonyl (C=O) groups is 3. The predicted octanol–water partition coefficient (Wildman–Crippen LogP) is 6.29. The summed E-state index contributed by atoms with van der Waals surface area (Å²) < 4.78 is 5.91. The number of nitrogens with one attached hydrogen (secondary N) is 1. The van der Waals surface area contributed by atoms with Crippen molar-refractivity contribution in [2.45, 2.75) is 17.5 Å². The first-order valence-corrected chi connectivity index (χ1v) is 14.4. The van der Waals surface area contributed by atoms with Crippen LogP contribution in [-0.2, 0) is 10.2 Å². The molecule has 0 bridgehead atoms. The second kappa shape index (κ2) is 9.71. The molecule has 0 unspecified atom stereocenters. The molecule has 7 heteroatoms. The molecule has 202 valence electrons. The number of para-hydroxylation sites is 2. The number of rotatable bonds is 7. The van der Waals surface area contributed by atoms with Gasteiger partial charge in [0.1, 0.15) is 23.8 Å². The number of nitrogens with zero attached hydrogens (tertiary/aromatic N) is 1. The minimum atomic E-state index is -1.38. The van der Waals surface area contributed by atoms with E-state index in [9.17, 15) is 9.59 Å². The fraction of sp³-hybridized carbons (Fsp3) is 0.147. The minimum absolute atomic E-state index is 0.189. The van der Waals surface area contributed by atoms with Crippen molar-refractivity contribution in [2.75, 3.05) is 11.9 Å². The van der Waals surface area contributed by atoms with Crippen LogP contribution in [0.15, 0.2) is 109 Å². The molecule has 4 atom stereocenters. The van der Waals surface area contributed by atoms with Crippen LogP contribution in [0.2, 0.25) is 0 Å². The van der Waals surface area contributed by atoms with Gasteiger partial charge in [-0.2, -0.15) is 0 Å². The summed E-state index contributed by atoms with van der Waals surface area (Å²) in [5.41, 5.74) is 2.18. The van der Waals surface area contributed by atoms with Crippen molar-refractivity contribution in [1.82, 2.24) is 4.90 Å². The van der Waals surface area contributed by atoms with Gasteiger partial charge in [0.2, 0.25) is 5.91 Å². The van der Waals surface area contributed by atoms with Gasteiger partial charge in [-0.05, 0) is 52.4 Å². The Kier molecular flexibility index (Phi) is 5.98. The summed E-state index contributed by atoms with van der Waals surface area (Å²) in [5.74, 6) is -1.45. The van der Waals surface area contributed by atoms with E-state index in [-0.39, 0.29) is 24.1 Å². The summed E-state index contributed by atoms with van der Waals surface area (Å²) >= 11 is 1.34. The van der Waals surface area contributed by atoms with Gasteiger partial charge in [-0.3, -0.25) is 14.4 Å². The highest BCUT2D eigenvalue weighted by atomic mass is 32.1. The van der Waals surface area contributed by atoms with E-state index in [1.54, 1.807) is 36.4 Å². The van der Waals surface area contributed by atoms with E-state index < -0.39 is 23.4 Å². The molecule has 4 heterocycles. The fourth-order valence-electron chi connectivity index (χ4n) is 6.84. The van der Waals surface area contributed by atoms with E-state index in [2.05, 4.69) is 11.9 Å². The Morgan fingerprint density at radius 3 is 2.59 bits per heavy atom. The molecule has 7 rings (SSSR count).